The van der Waals surface area contributed by atoms with Gasteiger partial charge in [0, 0.05) is 24.2 Å². The summed E-state index contributed by atoms with van der Waals surface area (Å²) in [5.41, 5.74) is 0.453. The number of anilines is 5. The molecule has 0 aliphatic rings. The zero-order valence-corrected chi connectivity index (χ0v) is 16.5. The highest BCUT2D eigenvalue weighted by atomic mass is 19.1. The minimum atomic E-state index is -1.94. The Hall–Kier alpha value is -3.98. The molecule has 2 aromatic carbocycles. The van der Waals surface area contributed by atoms with Crippen molar-refractivity contribution < 1.29 is 25.5 Å². The number of rotatable bonds is 10. The molecule has 8 nitrogen and oxygen atoms in total. The molecule has 31 heavy (non-hydrogen) atoms. The minimum absolute atomic E-state index is 0.00897. The van der Waals surface area contributed by atoms with Gasteiger partial charge in [0.1, 0.15) is 12.4 Å². The van der Waals surface area contributed by atoms with E-state index in [1.54, 1.807) is 24.3 Å². The summed E-state index contributed by atoms with van der Waals surface area (Å²) in [4.78, 5) is 19.4. The van der Waals surface area contributed by atoms with Crippen LogP contribution in [0.25, 0.3) is 0 Å². The molecule has 0 bridgehead atoms. The second kappa shape index (κ2) is 10.7. The molecule has 0 aliphatic heterocycles. The van der Waals surface area contributed by atoms with Gasteiger partial charge < -0.3 is 25.4 Å². The molecule has 3 aromatic rings. The molecule has 3 rings (SSSR count). The zero-order chi connectivity index (χ0) is 26.5. The van der Waals surface area contributed by atoms with E-state index >= 15 is 0 Å². The zero-order valence-electron chi connectivity index (χ0n) is 21.5. The number of halogens is 1. The fourth-order valence-electron chi connectivity index (χ4n) is 2.28. The maximum Gasteiger partial charge on any atom is 0.247 e. The van der Waals surface area contributed by atoms with Crippen molar-refractivity contribution in [2.24, 2.45) is 0 Å². The lowest BCUT2D eigenvalue weighted by Gasteiger charge is -2.11. The van der Waals surface area contributed by atoms with Gasteiger partial charge >= 0.3 is 0 Å². The Bertz CT molecular complexity index is 1280. The lowest BCUT2D eigenvalue weighted by molar-refractivity contribution is -0.111. The molecule has 0 fully saturated rings. The van der Waals surface area contributed by atoms with Crippen LogP contribution in [0.15, 0.2) is 67.3 Å². The molecular formula is C22H22FN5O3. The van der Waals surface area contributed by atoms with Crippen LogP contribution >= 0.6 is 0 Å². The third-order valence-corrected chi connectivity index (χ3v) is 3.66. The van der Waals surface area contributed by atoms with Crippen molar-refractivity contribution in [1.29, 1.82) is 0 Å². The number of benzene rings is 2. The Morgan fingerprint density at radius 3 is 2.74 bits per heavy atom. The molecule has 1 amide bonds. The van der Waals surface area contributed by atoms with Gasteiger partial charge in [-0.05, 0) is 48.5 Å². The first-order valence-corrected chi connectivity index (χ1v) is 8.92. The second-order valence-electron chi connectivity index (χ2n) is 5.83. The van der Waals surface area contributed by atoms with Crippen LogP contribution in [-0.2, 0) is 9.53 Å². The number of carbonyl (C=O) groups excluding carboxylic acids is 1. The molecule has 1 heterocycles. The van der Waals surface area contributed by atoms with Gasteiger partial charge in [-0.3, -0.25) is 4.79 Å². The molecule has 0 saturated carbocycles. The van der Waals surface area contributed by atoms with E-state index in [4.69, 9.17) is 11.6 Å². The number of aromatic nitrogens is 2. The first kappa shape index (κ1) is 15.8. The van der Waals surface area contributed by atoms with Crippen LogP contribution in [0.2, 0.25) is 0 Å². The van der Waals surface area contributed by atoms with E-state index in [-0.39, 0.29) is 36.0 Å². The Morgan fingerprint density at radius 2 is 2.00 bits per heavy atom. The maximum absolute atomic E-state index is 14.6. The summed E-state index contributed by atoms with van der Waals surface area (Å²) in [5.74, 6) is -1.82. The number of amides is 1. The first-order valence-electron chi connectivity index (χ1n) is 11.4. The molecule has 9 heteroatoms. The van der Waals surface area contributed by atoms with Crippen LogP contribution < -0.4 is 20.7 Å². The van der Waals surface area contributed by atoms with E-state index in [1.165, 1.54) is 19.2 Å². The Balaban J connectivity index is 1.81. The summed E-state index contributed by atoms with van der Waals surface area (Å²) in [6.45, 7) is 1.08. The van der Waals surface area contributed by atoms with E-state index in [2.05, 4.69) is 37.2 Å². The molecule has 0 aliphatic carbocycles. The smallest absolute Gasteiger partial charge is 0.247 e. The van der Waals surface area contributed by atoms with Crippen molar-refractivity contribution in [3.05, 3.63) is 73.1 Å². The van der Waals surface area contributed by atoms with Crippen molar-refractivity contribution >= 4 is 34.7 Å². The van der Waals surface area contributed by atoms with Crippen LogP contribution in [-0.4, -0.2) is 36.2 Å². The van der Waals surface area contributed by atoms with Crippen LogP contribution in [0, 0.1) is 5.82 Å². The quantitative estimate of drug-likeness (QED) is 0.415. The molecule has 1 aromatic heterocycles. The first-order chi connectivity index (χ1) is 17.0. The fourth-order valence-corrected chi connectivity index (χ4v) is 2.28. The lowest BCUT2D eigenvalue weighted by Crippen LogP contribution is -2.07. The van der Waals surface area contributed by atoms with Crippen LogP contribution in [0.5, 0.6) is 5.75 Å². The molecule has 160 valence electrons. The number of nitrogens with zero attached hydrogens (tertiary/aromatic N) is 2. The standard InChI is InChI=1S/C22H22FN5O3/c1-3-20(29)25-16-5-4-6-17(13-16)26-21-19(23)14-24-22(28-21)27-15-7-9-18(10-8-15)31-12-11-30-2/h3-10,13-14H,1,11-12H2,2H3,(H,25,29)(H2,24,26,27,28)/i4D,11D2,13D,14D. The van der Waals surface area contributed by atoms with Crippen molar-refractivity contribution in [2.75, 3.05) is 36.2 Å². The predicted molar refractivity (Wildman–Crippen MR) is 118 cm³/mol. The van der Waals surface area contributed by atoms with Gasteiger partial charge in [0.15, 0.2) is 11.6 Å². The van der Waals surface area contributed by atoms with E-state index < -0.39 is 30.3 Å². The summed E-state index contributed by atoms with van der Waals surface area (Å²) < 4.78 is 63.6. The van der Waals surface area contributed by atoms with Gasteiger partial charge in [-0.2, -0.15) is 4.98 Å². The van der Waals surface area contributed by atoms with Gasteiger partial charge in [-0.15, -0.1) is 0 Å². The molecule has 0 atom stereocenters. The normalized spacial score (nSPS) is 13.0. The highest BCUT2D eigenvalue weighted by Crippen LogP contribution is 2.23. The van der Waals surface area contributed by atoms with Crippen LogP contribution in [0.3, 0.4) is 0 Å². The number of hydrogen-bond acceptors (Lipinski definition) is 7. The van der Waals surface area contributed by atoms with Crippen LogP contribution in [0.4, 0.5) is 33.2 Å². The molecular weight excluding hydrogens is 401 g/mol. The van der Waals surface area contributed by atoms with Crippen LogP contribution in [0.1, 0.15) is 6.85 Å². The minimum Gasteiger partial charge on any atom is -0.491 e. The van der Waals surface area contributed by atoms with E-state index in [0.717, 1.165) is 6.08 Å². The Morgan fingerprint density at radius 1 is 1.23 bits per heavy atom. The predicted octanol–water partition coefficient (Wildman–Crippen LogP) is 4.25. The second-order valence-corrected chi connectivity index (χ2v) is 5.83. The van der Waals surface area contributed by atoms with E-state index in [0.29, 0.717) is 11.4 Å². The fraction of sp³-hybridized carbons (Fsp3) is 0.136. The van der Waals surface area contributed by atoms with Gasteiger partial charge in [0.2, 0.25) is 11.9 Å². The average Bonchev–Trinajstić information content (AvgIpc) is 2.84. The highest BCUT2D eigenvalue weighted by Gasteiger charge is 2.09. The largest absolute Gasteiger partial charge is 0.491 e. The van der Waals surface area contributed by atoms with Crippen molar-refractivity contribution in [1.82, 2.24) is 9.97 Å². The van der Waals surface area contributed by atoms with Gasteiger partial charge in [-0.1, -0.05) is 12.6 Å². The lowest BCUT2D eigenvalue weighted by atomic mass is 10.2. The molecule has 0 unspecified atom stereocenters. The summed E-state index contributed by atoms with van der Waals surface area (Å²) in [5, 5.41) is 7.82. The van der Waals surface area contributed by atoms with Gasteiger partial charge in [-0.25, -0.2) is 9.37 Å². The summed E-state index contributed by atoms with van der Waals surface area (Å²) >= 11 is 0. The molecule has 0 saturated heterocycles. The van der Waals surface area contributed by atoms with Crippen molar-refractivity contribution in [3.8, 4) is 5.75 Å². The van der Waals surface area contributed by atoms with E-state index in [9.17, 15) is 9.18 Å². The number of nitrogens with one attached hydrogen (secondary N) is 3. The number of carbonyl (C=O) groups is 1. The molecule has 0 spiro atoms. The van der Waals surface area contributed by atoms with Gasteiger partial charge in [0.25, 0.3) is 0 Å². The van der Waals surface area contributed by atoms with Crippen molar-refractivity contribution in [2.45, 2.75) is 0 Å². The summed E-state index contributed by atoms with van der Waals surface area (Å²) in [6, 6.07) is 8.50. The number of methoxy groups -OCH3 is 1. The third-order valence-electron chi connectivity index (χ3n) is 3.66. The Labute approximate surface area is 186 Å². The van der Waals surface area contributed by atoms with Crippen molar-refractivity contribution in [3.63, 3.8) is 0 Å². The highest BCUT2D eigenvalue weighted by molar-refractivity contribution is 5.99. The summed E-state index contributed by atoms with van der Waals surface area (Å²) in [7, 11) is 1.23. The molecule has 3 N–H and O–H groups in total. The third kappa shape index (κ3) is 6.51. The summed E-state index contributed by atoms with van der Waals surface area (Å²) in [6.07, 6.45) is 0.291. The number of ether oxygens (including phenoxy) is 2. The topological polar surface area (TPSA) is 97.4 Å². The molecule has 0 radical (unpaired) electrons. The number of hydrogen-bond donors (Lipinski definition) is 3. The monoisotopic (exact) mass is 428 g/mol. The average molecular weight is 428 g/mol. The SMILES string of the molecule is [2H]c1cc(NC(=O)C=C)c([2H])c(Nc2nc(Nc3ccc(OCC([2H])([2H])OC)cc3)nc([2H])c2F)c1. The maximum atomic E-state index is 14.6. The Kier molecular flexibility index (Phi) is 5.45. The van der Waals surface area contributed by atoms with Gasteiger partial charge in [0.05, 0.1) is 19.6 Å². The van der Waals surface area contributed by atoms with E-state index in [1.807, 2.05) is 0 Å².